The maximum absolute atomic E-state index is 12.3. The molecule has 1 fully saturated rings. The van der Waals surface area contributed by atoms with Gasteiger partial charge in [-0.1, -0.05) is 18.5 Å². The number of halogens is 1. The molecule has 112 valence electrons. The average Bonchev–Trinajstić information content (AvgIpc) is 2.40. The Kier molecular flexibility index (Phi) is 4.59. The van der Waals surface area contributed by atoms with Crippen LogP contribution in [0.4, 0.5) is 5.69 Å². The van der Waals surface area contributed by atoms with Crippen LogP contribution in [-0.4, -0.2) is 28.2 Å². The summed E-state index contributed by atoms with van der Waals surface area (Å²) < 4.78 is 32.5. The molecule has 0 aromatic heterocycles. The molecular formula is C13H19ClN2O3S. The normalized spacial score (nSPS) is 18.9. The maximum atomic E-state index is 12.3. The van der Waals surface area contributed by atoms with Crippen molar-refractivity contribution in [3.8, 4) is 0 Å². The minimum atomic E-state index is -3.65. The molecule has 1 aliphatic heterocycles. The van der Waals surface area contributed by atoms with E-state index in [1.807, 2.05) is 0 Å². The molecule has 1 aliphatic rings. The van der Waals surface area contributed by atoms with Gasteiger partial charge in [0, 0.05) is 25.4 Å². The van der Waals surface area contributed by atoms with E-state index in [9.17, 15) is 8.42 Å². The second-order valence-electron chi connectivity index (χ2n) is 5.44. The Morgan fingerprint density at radius 1 is 1.40 bits per heavy atom. The molecule has 0 atom stereocenters. The van der Waals surface area contributed by atoms with Crippen LogP contribution in [0.2, 0.25) is 5.02 Å². The van der Waals surface area contributed by atoms with Gasteiger partial charge in [-0.25, -0.2) is 13.1 Å². The van der Waals surface area contributed by atoms with Crippen molar-refractivity contribution < 1.29 is 13.2 Å². The molecular weight excluding hydrogens is 300 g/mol. The number of rotatable bonds is 4. The predicted molar refractivity (Wildman–Crippen MR) is 79.2 cm³/mol. The number of nitrogens with two attached hydrogens (primary N) is 1. The van der Waals surface area contributed by atoms with Gasteiger partial charge in [-0.15, -0.1) is 0 Å². The molecule has 5 nitrogen and oxygen atoms in total. The molecule has 1 aromatic rings. The summed E-state index contributed by atoms with van der Waals surface area (Å²) in [6, 6.07) is 4.43. The first-order valence-electron chi connectivity index (χ1n) is 6.45. The Morgan fingerprint density at radius 3 is 2.70 bits per heavy atom. The molecule has 0 amide bonds. The number of anilines is 1. The van der Waals surface area contributed by atoms with Gasteiger partial charge in [-0.3, -0.25) is 0 Å². The first-order chi connectivity index (χ1) is 9.32. The molecule has 1 heterocycles. The van der Waals surface area contributed by atoms with Crippen molar-refractivity contribution in [2.75, 3.05) is 25.5 Å². The zero-order valence-electron chi connectivity index (χ0n) is 11.4. The minimum Gasteiger partial charge on any atom is -0.399 e. The van der Waals surface area contributed by atoms with Crippen molar-refractivity contribution in [2.24, 2.45) is 5.41 Å². The largest absolute Gasteiger partial charge is 0.399 e. The van der Waals surface area contributed by atoms with Crippen LogP contribution < -0.4 is 10.5 Å². The van der Waals surface area contributed by atoms with Gasteiger partial charge in [0.1, 0.15) is 4.90 Å². The Bertz CT molecular complexity index is 583. The molecule has 2 rings (SSSR count). The van der Waals surface area contributed by atoms with E-state index in [-0.39, 0.29) is 15.3 Å². The zero-order valence-corrected chi connectivity index (χ0v) is 12.9. The molecule has 0 saturated carbocycles. The van der Waals surface area contributed by atoms with E-state index in [0.717, 1.165) is 12.8 Å². The summed E-state index contributed by atoms with van der Waals surface area (Å²) in [6.07, 6.45) is 1.67. The lowest BCUT2D eigenvalue weighted by Gasteiger charge is -2.33. The summed E-state index contributed by atoms with van der Waals surface area (Å²) >= 11 is 5.94. The Labute approximate surface area is 124 Å². The van der Waals surface area contributed by atoms with Gasteiger partial charge in [0.2, 0.25) is 10.0 Å². The van der Waals surface area contributed by atoms with Crippen LogP contribution in [0.25, 0.3) is 0 Å². The smallest absolute Gasteiger partial charge is 0.242 e. The molecule has 1 aromatic carbocycles. The average molecular weight is 319 g/mol. The van der Waals surface area contributed by atoms with E-state index >= 15 is 0 Å². The fourth-order valence-corrected chi connectivity index (χ4v) is 3.85. The van der Waals surface area contributed by atoms with E-state index in [1.54, 1.807) is 6.07 Å². The molecule has 7 heteroatoms. The van der Waals surface area contributed by atoms with E-state index in [2.05, 4.69) is 11.6 Å². The molecule has 3 N–H and O–H groups in total. The number of sulfonamides is 1. The fourth-order valence-electron chi connectivity index (χ4n) is 2.11. The van der Waals surface area contributed by atoms with E-state index in [0.29, 0.717) is 25.4 Å². The van der Waals surface area contributed by atoms with Gasteiger partial charge in [0.05, 0.1) is 5.02 Å². The number of hydrogen-bond donors (Lipinski definition) is 2. The first kappa shape index (κ1) is 15.6. The highest BCUT2D eigenvalue weighted by Crippen LogP contribution is 2.30. The highest BCUT2D eigenvalue weighted by atomic mass is 35.5. The lowest BCUT2D eigenvalue weighted by atomic mass is 9.83. The van der Waals surface area contributed by atoms with Crippen LogP contribution in [0.5, 0.6) is 0 Å². The summed E-state index contributed by atoms with van der Waals surface area (Å²) in [7, 11) is -3.65. The van der Waals surface area contributed by atoms with Crippen LogP contribution >= 0.6 is 11.6 Å². The Hall–Kier alpha value is -0.820. The van der Waals surface area contributed by atoms with E-state index in [4.69, 9.17) is 22.1 Å². The third-order valence-corrected chi connectivity index (χ3v) is 5.52. The molecule has 0 unspecified atom stereocenters. The van der Waals surface area contributed by atoms with Crippen molar-refractivity contribution in [1.82, 2.24) is 4.72 Å². The van der Waals surface area contributed by atoms with Crippen LogP contribution in [-0.2, 0) is 14.8 Å². The van der Waals surface area contributed by atoms with Crippen LogP contribution in [0, 0.1) is 5.41 Å². The van der Waals surface area contributed by atoms with Crippen LogP contribution in [0.3, 0.4) is 0 Å². The summed E-state index contributed by atoms with van der Waals surface area (Å²) in [4.78, 5) is 0.0230. The van der Waals surface area contributed by atoms with Crippen molar-refractivity contribution >= 4 is 27.3 Å². The topological polar surface area (TPSA) is 81.4 Å². The lowest BCUT2D eigenvalue weighted by Crippen LogP contribution is -2.39. The van der Waals surface area contributed by atoms with E-state index in [1.165, 1.54) is 12.1 Å². The third-order valence-electron chi connectivity index (χ3n) is 3.63. The number of nitrogen functional groups attached to an aromatic ring is 1. The summed E-state index contributed by atoms with van der Waals surface area (Å²) in [5.74, 6) is 0. The zero-order chi connectivity index (χ0) is 14.8. The number of benzene rings is 1. The van der Waals surface area contributed by atoms with Crippen molar-refractivity contribution in [1.29, 1.82) is 0 Å². The van der Waals surface area contributed by atoms with Gasteiger partial charge in [0.25, 0.3) is 0 Å². The highest BCUT2D eigenvalue weighted by Gasteiger charge is 2.29. The Balaban J connectivity index is 2.13. The standard InChI is InChI=1S/C13H19ClN2O3S/c1-13(4-6-19-7-5-13)9-16-20(17,18)12-8-10(15)2-3-11(12)14/h2-3,8,16H,4-7,9,15H2,1H3. The monoisotopic (exact) mass is 318 g/mol. The van der Waals surface area contributed by atoms with Crippen molar-refractivity contribution in [2.45, 2.75) is 24.7 Å². The maximum Gasteiger partial charge on any atom is 0.242 e. The highest BCUT2D eigenvalue weighted by molar-refractivity contribution is 7.89. The summed E-state index contributed by atoms with van der Waals surface area (Å²) in [5, 5.41) is 0.170. The number of nitrogens with one attached hydrogen (secondary N) is 1. The second-order valence-corrected chi connectivity index (χ2v) is 7.58. The fraction of sp³-hybridized carbons (Fsp3) is 0.538. The molecule has 0 bridgehead atoms. The van der Waals surface area contributed by atoms with Gasteiger partial charge in [-0.05, 0) is 36.5 Å². The number of hydrogen-bond acceptors (Lipinski definition) is 4. The predicted octanol–water partition coefficient (Wildman–Crippen LogP) is 2.02. The summed E-state index contributed by atoms with van der Waals surface area (Å²) in [6.45, 7) is 3.75. The van der Waals surface area contributed by atoms with Gasteiger partial charge in [-0.2, -0.15) is 0 Å². The lowest BCUT2D eigenvalue weighted by molar-refractivity contribution is 0.0265. The van der Waals surface area contributed by atoms with Gasteiger partial charge >= 0.3 is 0 Å². The molecule has 20 heavy (non-hydrogen) atoms. The second kappa shape index (κ2) is 5.89. The first-order valence-corrected chi connectivity index (χ1v) is 8.31. The van der Waals surface area contributed by atoms with E-state index < -0.39 is 10.0 Å². The molecule has 0 aliphatic carbocycles. The van der Waals surface area contributed by atoms with Crippen molar-refractivity contribution in [3.63, 3.8) is 0 Å². The third kappa shape index (κ3) is 3.63. The van der Waals surface area contributed by atoms with Gasteiger partial charge < -0.3 is 10.5 Å². The van der Waals surface area contributed by atoms with Crippen LogP contribution in [0.1, 0.15) is 19.8 Å². The quantitative estimate of drug-likeness (QED) is 0.832. The molecule has 0 spiro atoms. The SMILES string of the molecule is CC1(CNS(=O)(=O)c2cc(N)ccc2Cl)CCOCC1. The van der Waals surface area contributed by atoms with Crippen molar-refractivity contribution in [3.05, 3.63) is 23.2 Å². The van der Waals surface area contributed by atoms with Gasteiger partial charge in [0.15, 0.2) is 0 Å². The number of ether oxygens (including phenoxy) is 1. The summed E-state index contributed by atoms with van der Waals surface area (Å²) in [5.41, 5.74) is 5.90. The van der Waals surface area contributed by atoms with Crippen LogP contribution in [0.15, 0.2) is 23.1 Å². The molecule has 0 radical (unpaired) electrons. The minimum absolute atomic E-state index is 0.0230. The molecule has 1 saturated heterocycles. The Morgan fingerprint density at radius 2 is 2.05 bits per heavy atom.